The normalized spacial score (nSPS) is 17.4. The molecule has 0 amide bonds. The van der Waals surface area contributed by atoms with E-state index in [1.54, 1.807) is 0 Å². The van der Waals surface area contributed by atoms with Crippen molar-refractivity contribution in [2.24, 2.45) is 10.9 Å². The molecule has 134 valence electrons. The van der Waals surface area contributed by atoms with Crippen molar-refractivity contribution < 1.29 is 0 Å². The Hall–Kier alpha value is -0.950. The molecule has 0 aromatic heterocycles. The summed E-state index contributed by atoms with van der Waals surface area (Å²) in [7, 11) is 0. The first-order chi connectivity index (χ1) is 11.1. The lowest BCUT2D eigenvalue weighted by Gasteiger charge is -2.21. The number of aryl methyl sites for hydroxylation is 1. The Morgan fingerprint density at radius 3 is 2.96 bits per heavy atom. The van der Waals surface area contributed by atoms with Crippen LogP contribution in [0.15, 0.2) is 35.8 Å². The van der Waals surface area contributed by atoms with Gasteiger partial charge in [-0.1, -0.05) is 23.7 Å². The average molecular weight is 463 g/mol. The van der Waals surface area contributed by atoms with Crippen molar-refractivity contribution in [3.05, 3.63) is 41.4 Å². The summed E-state index contributed by atoms with van der Waals surface area (Å²) in [5.41, 5.74) is 2.53. The van der Waals surface area contributed by atoms with Gasteiger partial charge in [0.1, 0.15) is 0 Å². The van der Waals surface area contributed by atoms with Crippen molar-refractivity contribution in [2.75, 3.05) is 37.6 Å². The van der Waals surface area contributed by atoms with Crippen molar-refractivity contribution >= 4 is 47.2 Å². The van der Waals surface area contributed by atoms with Crippen LogP contribution in [-0.2, 0) is 0 Å². The van der Waals surface area contributed by atoms with Crippen LogP contribution in [0.5, 0.6) is 0 Å². The quantitative estimate of drug-likeness (QED) is 0.292. The minimum atomic E-state index is 0. The van der Waals surface area contributed by atoms with Gasteiger partial charge in [-0.2, -0.15) is 0 Å². The summed E-state index contributed by atoms with van der Waals surface area (Å²) in [5, 5.41) is 7.31. The van der Waals surface area contributed by atoms with E-state index in [9.17, 15) is 0 Å². The average Bonchev–Trinajstić information content (AvgIpc) is 3.01. The molecule has 0 aliphatic carbocycles. The molecule has 1 aliphatic rings. The van der Waals surface area contributed by atoms with Crippen molar-refractivity contribution in [2.45, 2.75) is 20.3 Å². The standard InChI is InChI=1S/C18H27ClN4.HI/c1-4-9-21-18(20-5-2)22-12-15-8-10-23(13-15)17-11-16(19)7-6-14(17)3;/h4,6-7,11,15H,1,5,8-10,12-13H2,2-3H3,(H2,20,21,22);1H. The van der Waals surface area contributed by atoms with Gasteiger partial charge in [0.2, 0.25) is 0 Å². The maximum atomic E-state index is 6.14. The molecule has 1 heterocycles. The Morgan fingerprint density at radius 1 is 1.46 bits per heavy atom. The molecule has 6 heteroatoms. The van der Waals surface area contributed by atoms with Crippen molar-refractivity contribution in [3.63, 3.8) is 0 Å². The zero-order valence-electron chi connectivity index (χ0n) is 14.5. The molecule has 0 spiro atoms. The van der Waals surface area contributed by atoms with Crippen LogP contribution in [-0.4, -0.2) is 38.7 Å². The number of nitrogens with one attached hydrogen (secondary N) is 2. The highest BCUT2D eigenvalue weighted by Gasteiger charge is 2.23. The molecule has 1 aromatic rings. The van der Waals surface area contributed by atoms with Crippen molar-refractivity contribution in [1.29, 1.82) is 0 Å². The topological polar surface area (TPSA) is 39.7 Å². The monoisotopic (exact) mass is 462 g/mol. The summed E-state index contributed by atoms with van der Waals surface area (Å²) in [4.78, 5) is 7.12. The van der Waals surface area contributed by atoms with E-state index < -0.39 is 0 Å². The van der Waals surface area contributed by atoms with Gasteiger partial charge >= 0.3 is 0 Å². The summed E-state index contributed by atoms with van der Waals surface area (Å²) < 4.78 is 0. The smallest absolute Gasteiger partial charge is 0.191 e. The van der Waals surface area contributed by atoms with Crippen LogP contribution < -0.4 is 15.5 Å². The van der Waals surface area contributed by atoms with Gasteiger partial charge in [0.25, 0.3) is 0 Å². The first-order valence-electron chi connectivity index (χ1n) is 8.28. The molecule has 0 radical (unpaired) electrons. The van der Waals surface area contributed by atoms with Crippen LogP contribution in [0.25, 0.3) is 0 Å². The summed E-state index contributed by atoms with van der Waals surface area (Å²) in [6.07, 6.45) is 3.00. The Bertz CT molecular complexity index is 562. The van der Waals surface area contributed by atoms with Gasteiger partial charge in [-0.15, -0.1) is 30.6 Å². The van der Waals surface area contributed by atoms with E-state index in [-0.39, 0.29) is 24.0 Å². The molecule has 1 aliphatic heterocycles. The minimum Gasteiger partial charge on any atom is -0.371 e. The van der Waals surface area contributed by atoms with E-state index in [1.807, 2.05) is 12.1 Å². The van der Waals surface area contributed by atoms with E-state index in [4.69, 9.17) is 16.6 Å². The molecule has 1 aromatic carbocycles. The fourth-order valence-electron chi connectivity index (χ4n) is 2.85. The zero-order chi connectivity index (χ0) is 16.7. The molecular formula is C18H28ClIN4. The molecule has 2 rings (SSSR count). The maximum Gasteiger partial charge on any atom is 0.191 e. The molecule has 4 nitrogen and oxygen atoms in total. The fraction of sp³-hybridized carbons (Fsp3) is 0.500. The van der Waals surface area contributed by atoms with Gasteiger partial charge in [0.05, 0.1) is 0 Å². The number of anilines is 1. The molecule has 1 atom stereocenters. The molecule has 1 saturated heterocycles. The van der Waals surface area contributed by atoms with Crippen LogP contribution in [0.4, 0.5) is 5.69 Å². The van der Waals surface area contributed by atoms with Crippen LogP contribution in [0, 0.1) is 12.8 Å². The van der Waals surface area contributed by atoms with E-state index in [0.29, 0.717) is 5.92 Å². The van der Waals surface area contributed by atoms with E-state index in [2.05, 4.69) is 48.1 Å². The first-order valence-corrected chi connectivity index (χ1v) is 8.66. The first kappa shape index (κ1) is 21.1. The molecule has 24 heavy (non-hydrogen) atoms. The van der Waals surface area contributed by atoms with E-state index in [1.165, 1.54) is 11.3 Å². The van der Waals surface area contributed by atoms with Gasteiger partial charge in [0, 0.05) is 43.4 Å². The Labute approximate surface area is 167 Å². The number of rotatable bonds is 6. The SMILES string of the molecule is C=CCNC(=NCC1CCN(c2cc(Cl)ccc2C)C1)NCC.I. The number of hydrogen-bond acceptors (Lipinski definition) is 2. The summed E-state index contributed by atoms with van der Waals surface area (Å²) in [6, 6.07) is 6.11. The predicted octanol–water partition coefficient (Wildman–Crippen LogP) is 3.83. The van der Waals surface area contributed by atoms with Crippen LogP contribution in [0.3, 0.4) is 0 Å². The predicted molar refractivity (Wildman–Crippen MR) is 116 cm³/mol. The summed E-state index contributed by atoms with van der Waals surface area (Å²) >= 11 is 6.14. The molecule has 0 saturated carbocycles. The Morgan fingerprint density at radius 2 is 2.25 bits per heavy atom. The second kappa shape index (κ2) is 10.8. The molecule has 0 bridgehead atoms. The van der Waals surface area contributed by atoms with Gasteiger partial charge in [-0.3, -0.25) is 4.99 Å². The van der Waals surface area contributed by atoms with E-state index >= 15 is 0 Å². The number of nitrogens with zero attached hydrogens (tertiary/aromatic N) is 2. The molecule has 2 N–H and O–H groups in total. The van der Waals surface area contributed by atoms with Gasteiger partial charge in [0.15, 0.2) is 5.96 Å². The number of aliphatic imine (C=N–C) groups is 1. The highest BCUT2D eigenvalue weighted by Crippen LogP contribution is 2.29. The second-order valence-electron chi connectivity index (χ2n) is 5.92. The van der Waals surface area contributed by atoms with Crippen LogP contribution in [0.2, 0.25) is 5.02 Å². The van der Waals surface area contributed by atoms with Crippen LogP contribution >= 0.6 is 35.6 Å². The lowest BCUT2D eigenvalue weighted by atomic mass is 10.1. The number of benzene rings is 1. The molecular weight excluding hydrogens is 435 g/mol. The van der Waals surface area contributed by atoms with Crippen molar-refractivity contribution in [1.82, 2.24) is 10.6 Å². The summed E-state index contributed by atoms with van der Waals surface area (Å²) in [6.45, 7) is 12.5. The third kappa shape index (κ3) is 6.16. The molecule has 1 unspecified atom stereocenters. The van der Waals surface area contributed by atoms with Gasteiger partial charge in [-0.05, 0) is 43.9 Å². The second-order valence-corrected chi connectivity index (χ2v) is 6.36. The zero-order valence-corrected chi connectivity index (χ0v) is 17.6. The van der Waals surface area contributed by atoms with Crippen LogP contribution in [0.1, 0.15) is 18.9 Å². The maximum absolute atomic E-state index is 6.14. The third-order valence-electron chi connectivity index (χ3n) is 4.06. The highest BCUT2D eigenvalue weighted by molar-refractivity contribution is 14.0. The lowest BCUT2D eigenvalue weighted by Crippen LogP contribution is -2.37. The lowest BCUT2D eigenvalue weighted by molar-refractivity contribution is 0.600. The summed E-state index contributed by atoms with van der Waals surface area (Å²) in [5.74, 6) is 1.44. The Balaban J connectivity index is 0.00000288. The largest absolute Gasteiger partial charge is 0.371 e. The number of guanidine groups is 1. The highest BCUT2D eigenvalue weighted by atomic mass is 127. The number of hydrogen-bond donors (Lipinski definition) is 2. The fourth-order valence-corrected chi connectivity index (χ4v) is 3.02. The minimum absolute atomic E-state index is 0. The van der Waals surface area contributed by atoms with Gasteiger partial charge in [-0.25, -0.2) is 0 Å². The Kier molecular flexibility index (Phi) is 9.51. The molecule has 1 fully saturated rings. The van der Waals surface area contributed by atoms with E-state index in [0.717, 1.165) is 50.1 Å². The number of halogens is 2. The van der Waals surface area contributed by atoms with Gasteiger partial charge < -0.3 is 15.5 Å². The van der Waals surface area contributed by atoms with Crippen molar-refractivity contribution in [3.8, 4) is 0 Å². The third-order valence-corrected chi connectivity index (χ3v) is 4.30.